The van der Waals surface area contributed by atoms with E-state index in [0.717, 1.165) is 17.9 Å². The maximum atomic E-state index is 11.1. The molecule has 0 saturated carbocycles. The average Bonchev–Trinajstić information content (AvgIpc) is 2.76. The van der Waals surface area contributed by atoms with Crippen molar-refractivity contribution in [3.63, 3.8) is 0 Å². The van der Waals surface area contributed by atoms with Crippen molar-refractivity contribution >= 4 is 17.6 Å². The Hall–Kier alpha value is -2.01. The second-order valence-corrected chi connectivity index (χ2v) is 4.76. The van der Waals surface area contributed by atoms with Crippen molar-refractivity contribution in [3.8, 4) is 5.75 Å². The van der Waals surface area contributed by atoms with Crippen LogP contribution in [-0.2, 0) is 13.2 Å². The molecular formula is C14H15ClN2O3. The Labute approximate surface area is 121 Å². The lowest BCUT2D eigenvalue weighted by atomic mass is 10.2. The SMILES string of the molecule is CCn1nc(C)cc1COc1cc(Cl)ccc1C(=O)O. The largest absolute Gasteiger partial charge is 0.486 e. The summed E-state index contributed by atoms with van der Waals surface area (Å²) in [7, 11) is 0. The molecule has 0 atom stereocenters. The van der Waals surface area contributed by atoms with E-state index in [1.165, 1.54) is 18.2 Å². The molecule has 1 aromatic heterocycles. The van der Waals surface area contributed by atoms with E-state index in [1.54, 1.807) is 0 Å². The third-order valence-corrected chi connectivity index (χ3v) is 3.07. The standard InChI is InChI=1S/C14H15ClN2O3/c1-3-17-11(6-9(2)16-17)8-20-13-7-10(15)4-5-12(13)14(18)19/h4-7H,3,8H2,1-2H3,(H,18,19). The normalized spacial score (nSPS) is 10.6. The number of hydrogen-bond acceptors (Lipinski definition) is 3. The van der Waals surface area contributed by atoms with Gasteiger partial charge in [0.25, 0.3) is 0 Å². The molecule has 0 spiro atoms. The van der Waals surface area contributed by atoms with E-state index >= 15 is 0 Å². The van der Waals surface area contributed by atoms with Gasteiger partial charge in [-0.2, -0.15) is 5.10 Å². The number of aromatic nitrogens is 2. The van der Waals surface area contributed by atoms with E-state index in [1.807, 2.05) is 24.6 Å². The van der Waals surface area contributed by atoms with Crippen LogP contribution in [0.3, 0.4) is 0 Å². The van der Waals surface area contributed by atoms with Crippen LogP contribution < -0.4 is 4.74 Å². The van der Waals surface area contributed by atoms with Gasteiger partial charge in [-0.05, 0) is 38.1 Å². The Bertz CT molecular complexity index is 637. The summed E-state index contributed by atoms with van der Waals surface area (Å²) in [5.41, 5.74) is 1.88. The van der Waals surface area contributed by atoms with Gasteiger partial charge >= 0.3 is 5.97 Å². The number of benzene rings is 1. The van der Waals surface area contributed by atoms with Crippen LogP contribution in [-0.4, -0.2) is 20.9 Å². The van der Waals surface area contributed by atoms with Crippen LogP contribution in [0.25, 0.3) is 0 Å². The Morgan fingerprint density at radius 2 is 2.20 bits per heavy atom. The molecule has 0 saturated heterocycles. The van der Waals surface area contributed by atoms with Gasteiger partial charge in [-0.25, -0.2) is 4.79 Å². The van der Waals surface area contributed by atoms with Gasteiger partial charge in [0.15, 0.2) is 0 Å². The van der Waals surface area contributed by atoms with Gasteiger partial charge in [0, 0.05) is 11.6 Å². The van der Waals surface area contributed by atoms with E-state index in [9.17, 15) is 4.79 Å². The Morgan fingerprint density at radius 1 is 1.45 bits per heavy atom. The Balaban J connectivity index is 2.22. The zero-order chi connectivity index (χ0) is 14.7. The quantitative estimate of drug-likeness (QED) is 0.920. The van der Waals surface area contributed by atoms with E-state index in [4.69, 9.17) is 21.4 Å². The van der Waals surface area contributed by atoms with Crippen molar-refractivity contribution in [2.24, 2.45) is 0 Å². The number of rotatable bonds is 5. The van der Waals surface area contributed by atoms with Gasteiger partial charge in [0.2, 0.25) is 0 Å². The van der Waals surface area contributed by atoms with Crippen LogP contribution in [0.15, 0.2) is 24.3 Å². The summed E-state index contributed by atoms with van der Waals surface area (Å²) < 4.78 is 7.41. The van der Waals surface area contributed by atoms with Crippen LogP contribution in [0.2, 0.25) is 5.02 Å². The molecule has 0 aliphatic heterocycles. The highest BCUT2D eigenvalue weighted by Crippen LogP contribution is 2.24. The first-order valence-corrected chi connectivity index (χ1v) is 6.58. The lowest BCUT2D eigenvalue weighted by molar-refractivity contribution is 0.0691. The fraction of sp³-hybridized carbons (Fsp3) is 0.286. The summed E-state index contributed by atoms with van der Waals surface area (Å²) in [4.78, 5) is 11.1. The maximum absolute atomic E-state index is 11.1. The second kappa shape index (κ2) is 5.96. The van der Waals surface area contributed by atoms with Crippen LogP contribution >= 0.6 is 11.6 Å². The van der Waals surface area contributed by atoms with Crippen molar-refractivity contribution in [2.45, 2.75) is 27.0 Å². The first-order chi connectivity index (χ1) is 9.51. The van der Waals surface area contributed by atoms with Crippen LogP contribution in [0, 0.1) is 6.92 Å². The Kier molecular flexibility index (Phi) is 4.29. The molecular weight excluding hydrogens is 280 g/mol. The predicted molar refractivity (Wildman–Crippen MR) is 75.4 cm³/mol. The lowest BCUT2D eigenvalue weighted by Crippen LogP contribution is -2.08. The summed E-state index contributed by atoms with van der Waals surface area (Å²) in [6.45, 7) is 4.86. The van der Waals surface area contributed by atoms with Crippen LogP contribution in [0.1, 0.15) is 28.7 Å². The Morgan fingerprint density at radius 3 is 2.85 bits per heavy atom. The zero-order valence-corrected chi connectivity index (χ0v) is 12.0. The minimum absolute atomic E-state index is 0.0914. The molecule has 0 amide bonds. The van der Waals surface area contributed by atoms with E-state index in [-0.39, 0.29) is 17.9 Å². The van der Waals surface area contributed by atoms with Gasteiger partial charge in [0.05, 0.1) is 11.4 Å². The predicted octanol–water partition coefficient (Wildman–Crippen LogP) is 3.14. The molecule has 0 aliphatic carbocycles. The molecule has 0 aliphatic rings. The average molecular weight is 295 g/mol. The first kappa shape index (κ1) is 14.4. The number of carboxylic acid groups (broad SMARTS) is 1. The molecule has 2 rings (SSSR count). The number of hydrogen-bond donors (Lipinski definition) is 1. The molecule has 1 aromatic carbocycles. The van der Waals surface area contributed by atoms with E-state index in [0.29, 0.717) is 5.02 Å². The topological polar surface area (TPSA) is 64.4 Å². The molecule has 0 unspecified atom stereocenters. The minimum Gasteiger partial charge on any atom is -0.486 e. The molecule has 2 aromatic rings. The van der Waals surface area contributed by atoms with Gasteiger partial charge in [-0.15, -0.1) is 0 Å². The molecule has 0 radical (unpaired) electrons. The highest BCUT2D eigenvalue weighted by atomic mass is 35.5. The molecule has 5 nitrogen and oxygen atoms in total. The molecule has 6 heteroatoms. The zero-order valence-electron chi connectivity index (χ0n) is 11.3. The molecule has 1 heterocycles. The van der Waals surface area contributed by atoms with Gasteiger partial charge in [-0.1, -0.05) is 11.6 Å². The highest BCUT2D eigenvalue weighted by Gasteiger charge is 2.13. The van der Waals surface area contributed by atoms with Crippen LogP contribution in [0.5, 0.6) is 5.75 Å². The highest BCUT2D eigenvalue weighted by molar-refractivity contribution is 6.30. The third-order valence-electron chi connectivity index (χ3n) is 2.83. The van der Waals surface area contributed by atoms with Gasteiger partial charge < -0.3 is 9.84 Å². The fourth-order valence-corrected chi connectivity index (χ4v) is 2.10. The summed E-state index contributed by atoms with van der Waals surface area (Å²) in [6.07, 6.45) is 0. The molecule has 106 valence electrons. The number of nitrogens with zero attached hydrogens (tertiary/aromatic N) is 2. The number of halogens is 1. The number of ether oxygens (including phenoxy) is 1. The van der Waals surface area contributed by atoms with Gasteiger partial charge in [-0.3, -0.25) is 4.68 Å². The lowest BCUT2D eigenvalue weighted by Gasteiger charge is -2.10. The smallest absolute Gasteiger partial charge is 0.339 e. The van der Waals surface area contributed by atoms with Crippen molar-refractivity contribution in [2.75, 3.05) is 0 Å². The minimum atomic E-state index is -1.04. The summed E-state index contributed by atoms with van der Waals surface area (Å²) in [6, 6.07) is 6.37. The van der Waals surface area contributed by atoms with Crippen molar-refractivity contribution in [1.29, 1.82) is 0 Å². The molecule has 0 bridgehead atoms. The third kappa shape index (κ3) is 3.11. The molecule has 0 fully saturated rings. The summed E-state index contributed by atoms with van der Waals surface area (Å²) in [5, 5.41) is 13.9. The molecule has 1 N–H and O–H groups in total. The number of aromatic carboxylic acids is 1. The van der Waals surface area contributed by atoms with Crippen molar-refractivity contribution in [1.82, 2.24) is 9.78 Å². The first-order valence-electron chi connectivity index (χ1n) is 6.20. The number of aryl methyl sites for hydroxylation is 2. The number of carbonyl (C=O) groups is 1. The second-order valence-electron chi connectivity index (χ2n) is 4.33. The molecule has 20 heavy (non-hydrogen) atoms. The monoisotopic (exact) mass is 294 g/mol. The van der Waals surface area contributed by atoms with Crippen LogP contribution in [0.4, 0.5) is 0 Å². The van der Waals surface area contributed by atoms with E-state index in [2.05, 4.69) is 5.10 Å². The summed E-state index contributed by atoms with van der Waals surface area (Å²) in [5.74, 6) is -0.789. The number of carboxylic acids is 1. The van der Waals surface area contributed by atoms with E-state index < -0.39 is 5.97 Å². The van der Waals surface area contributed by atoms with Crippen molar-refractivity contribution < 1.29 is 14.6 Å². The van der Waals surface area contributed by atoms with Crippen molar-refractivity contribution in [3.05, 3.63) is 46.2 Å². The fourth-order valence-electron chi connectivity index (χ4n) is 1.93. The summed E-state index contributed by atoms with van der Waals surface area (Å²) >= 11 is 5.88. The maximum Gasteiger partial charge on any atom is 0.339 e. The van der Waals surface area contributed by atoms with Gasteiger partial charge in [0.1, 0.15) is 17.9 Å².